The molecule has 430 valence electrons. The van der Waals surface area contributed by atoms with Crippen LogP contribution < -0.4 is 46.8 Å². The molecular formula is C47H61Cl6N12NaO9S4. The molecule has 21 nitrogen and oxygen atoms in total. The molecule has 3 heterocycles. The number of halogens is 6. The molecule has 0 unspecified atom stereocenters. The molecule has 0 bridgehead atoms. The maximum Gasteiger partial charge on any atom is 1.00 e. The number of hydrogen-bond donors (Lipinski definition) is 4. The predicted octanol–water partition coefficient (Wildman–Crippen LogP) is 5.29. The van der Waals surface area contributed by atoms with Gasteiger partial charge >= 0.3 is 29.6 Å². The van der Waals surface area contributed by atoms with Crippen LogP contribution in [0.1, 0.15) is 36.7 Å². The van der Waals surface area contributed by atoms with E-state index in [1.807, 2.05) is 0 Å². The van der Waals surface area contributed by atoms with E-state index >= 15 is 0 Å². The molecule has 0 radical (unpaired) electrons. The maximum atomic E-state index is 11.0. The van der Waals surface area contributed by atoms with Crippen molar-refractivity contribution in [3.63, 3.8) is 0 Å². The number of rotatable bonds is 25. The summed E-state index contributed by atoms with van der Waals surface area (Å²) in [6.07, 6.45) is 9.56. The maximum absolute atomic E-state index is 11.0. The number of nitrogens with two attached hydrogens (primary N) is 3. The minimum atomic E-state index is -3.44. The first-order valence-corrected chi connectivity index (χ1v) is 31.4. The summed E-state index contributed by atoms with van der Waals surface area (Å²) in [5, 5.41) is 33.9. The summed E-state index contributed by atoms with van der Waals surface area (Å²) in [6.45, 7) is 2.57. The Kier molecular flexibility index (Phi) is 38.0. The summed E-state index contributed by atoms with van der Waals surface area (Å²) >= 11 is 42.4. The van der Waals surface area contributed by atoms with Crippen LogP contribution in [-0.4, -0.2) is 157 Å². The van der Waals surface area contributed by atoms with Crippen LogP contribution in [0.4, 0.5) is 17.5 Å². The number of aryl methyl sites for hydroxylation is 3. The van der Waals surface area contributed by atoms with Gasteiger partial charge in [0.1, 0.15) is 26.9 Å². The summed E-state index contributed by atoms with van der Waals surface area (Å²) in [7, 11) is -5.44. The molecule has 0 aliphatic carbocycles. The zero-order valence-corrected chi connectivity index (χ0v) is 54.0. The normalized spacial score (nSPS) is 10.8. The van der Waals surface area contributed by atoms with Gasteiger partial charge in [-0.05, 0) is 43.7 Å². The van der Waals surface area contributed by atoms with Crippen molar-refractivity contribution in [1.29, 1.82) is 0 Å². The van der Waals surface area contributed by atoms with Crippen LogP contribution in [0.15, 0.2) is 54.6 Å². The molecular weight excluding hydrogens is 1240 g/mol. The van der Waals surface area contributed by atoms with Crippen LogP contribution >= 0.6 is 81.4 Å². The fraction of sp³-hybridized carbons (Fsp3) is 0.426. The van der Waals surface area contributed by atoms with Gasteiger partial charge in [-0.1, -0.05) is 106 Å². The molecule has 0 saturated heterocycles. The number of benzene rings is 3. The van der Waals surface area contributed by atoms with Crippen molar-refractivity contribution < 1.29 is 69.9 Å². The summed E-state index contributed by atoms with van der Waals surface area (Å²) < 4.78 is 64.1. The van der Waals surface area contributed by atoms with Crippen LogP contribution in [0, 0.1) is 0 Å². The van der Waals surface area contributed by atoms with Gasteiger partial charge < -0.3 is 49.1 Å². The summed E-state index contributed by atoms with van der Waals surface area (Å²) in [5.74, 6) is 3.27. The van der Waals surface area contributed by atoms with E-state index in [0.717, 1.165) is 32.1 Å². The van der Waals surface area contributed by atoms with Gasteiger partial charge in [-0.15, -0.1) is 30.6 Å². The fourth-order valence-corrected chi connectivity index (χ4v) is 8.22. The molecule has 0 spiro atoms. The van der Waals surface area contributed by atoms with Crippen molar-refractivity contribution in [3.8, 4) is 33.8 Å². The minimum Gasteiger partial charge on any atom is -0.796 e. The minimum absolute atomic E-state index is 0. The number of aliphatic hydroxyl groups excluding tert-OH is 1. The van der Waals surface area contributed by atoms with Crippen molar-refractivity contribution >= 4 is 131 Å². The summed E-state index contributed by atoms with van der Waals surface area (Å²) in [6, 6.07) is 15.6. The molecule has 0 aliphatic heterocycles. The molecule has 79 heavy (non-hydrogen) atoms. The van der Waals surface area contributed by atoms with E-state index < -0.39 is 20.0 Å². The summed E-state index contributed by atoms with van der Waals surface area (Å²) in [5.41, 5.74) is 20.9. The largest absolute Gasteiger partial charge is 1.00 e. The number of anilines is 3. The van der Waals surface area contributed by atoms with Crippen LogP contribution in [0.3, 0.4) is 0 Å². The number of sulfone groups is 1. The van der Waals surface area contributed by atoms with Gasteiger partial charge in [-0.2, -0.15) is 26.4 Å². The van der Waals surface area contributed by atoms with Crippen molar-refractivity contribution in [2.24, 2.45) is 0 Å². The molecule has 3 aromatic heterocycles. The monoisotopic (exact) mass is 1300 g/mol. The quantitative estimate of drug-likeness (QED) is 0.0245. The fourth-order valence-electron chi connectivity index (χ4n) is 5.97. The second-order valence-electron chi connectivity index (χ2n) is 15.5. The number of aromatic nitrogens is 9. The van der Waals surface area contributed by atoms with Gasteiger partial charge in [-0.3, -0.25) is 4.18 Å². The molecule has 0 fully saturated rings. The van der Waals surface area contributed by atoms with Gasteiger partial charge in [0.2, 0.25) is 0 Å². The van der Waals surface area contributed by atoms with Crippen molar-refractivity contribution in [1.82, 2.24) is 45.5 Å². The summed E-state index contributed by atoms with van der Waals surface area (Å²) in [4.78, 5) is 12.8. The molecule has 6 aromatic rings. The molecule has 0 aliphatic rings. The number of thioether (sulfide) groups is 1. The molecule has 7 N–H and O–H groups in total. The molecule has 32 heteroatoms. The molecule has 6 rings (SSSR count). The standard InChI is InChI=1S/C15H18Cl2N4O4S.C15H18Cl2N4O3S.C15H18Cl2N4OS.CH4O.CH4S.Na/c1-26(22,23)25-9-8-24-7-3-6-12-19-15(18)14(21-20-12)10-4-2-5-11(16)13(10)17;1-25(22,23)9-8-24-7-3-6-12-19-15(18)14(21-20-12)10-4-2-5-11(16)13(10)17;1-23-9-8-22-7-3-6-12-19-15(18)14(21-20-12)10-4-2-5-11(16)13(10)17;2*1-2;/h2,4-5H,3,6-9H2,1H3,(H2,18,19,20);2,4-5H,3,6-9H2,1H3,(H2,18,19,20);2,4-5H,3,6-9H2,1H3,(H2,18,19,20);2*2H,1H3;/q;;;;;+1/p-1. The topological polar surface area (TPSA) is 319 Å². The van der Waals surface area contributed by atoms with Gasteiger partial charge in [0.15, 0.2) is 34.9 Å². The molecule has 0 saturated carbocycles. The average Bonchev–Trinajstić information content (AvgIpc) is 3.42. The van der Waals surface area contributed by atoms with E-state index in [1.54, 1.807) is 72.6 Å². The van der Waals surface area contributed by atoms with Crippen LogP contribution in [-0.2, 0) is 70.2 Å². The smallest absolute Gasteiger partial charge is 0.796 e. The number of hydrogen-bond acceptors (Lipinski definition) is 23. The van der Waals surface area contributed by atoms with Gasteiger partial charge in [0.25, 0.3) is 10.1 Å². The Balaban J connectivity index is 0.000000571. The van der Waals surface area contributed by atoms with E-state index in [0.29, 0.717) is 139 Å². The molecule has 3 aromatic carbocycles. The first kappa shape index (κ1) is 74.2. The molecule has 0 atom stereocenters. The Morgan fingerprint density at radius 3 is 1.15 bits per heavy atom. The SMILES string of the molecule is CO.CS(=O)(=O)CCOCCCc1nnc(-c2cccc(Cl)c2Cl)c(N)n1.CS(=O)(=O)OCCOCCCc1nnc(-c2cccc(Cl)c2Cl)c(N)n1.CSCCOCCCc1nnc(-c2cccc(Cl)c2Cl)c(N)n1.C[S-].[Na+]. The number of aliphatic hydroxyl groups is 1. The Hall–Kier alpha value is -2.77. The zero-order valence-electron chi connectivity index (χ0n) is 44.2. The van der Waals surface area contributed by atoms with Crippen molar-refractivity contribution in [3.05, 3.63) is 102 Å². The predicted molar refractivity (Wildman–Crippen MR) is 317 cm³/mol. The van der Waals surface area contributed by atoms with Gasteiger partial charge in [0.05, 0.1) is 68.6 Å². The van der Waals surface area contributed by atoms with Gasteiger partial charge in [-0.25, -0.2) is 23.4 Å². The first-order chi connectivity index (χ1) is 37.2. The Labute approximate surface area is 523 Å². The second kappa shape index (κ2) is 40.5. The Morgan fingerprint density at radius 2 is 0.848 bits per heavy atom. The Morgan fingerprint density at radius 1 is 0.519 bits per heavy atom. The van der Waals surface area contributed by atoms with E-state index in [4.69, 9.17) is 106 Å². The average molecular weight is 1300 g/mol. The number of nitrogens with zero attached hydrogens (tertiary/aromatic N) is 9. The third-order valence-electron chi connectivity index (χ3n) is 9.52. The third-order valence-corrected chi connectivity index (χ3v) is 14.1. The van der Waals surface area contributed by atoms with Crippen LogP contribution in [0.5, 0.6) is 0 Å². The van der Waals surface area contributed by atoms with E-state index in [9.17, 15) is 16.8 Å². The number of nitrogen functional groups attached to an aromatic ring is 3. The van der Waals surface area contributed by atoms with Crippen molar-refractivity contribution in [2.75, 3.05) is 107 Å². The number of ether oxygens (including phenoxy) is 3. The van der Waals surface area contributed by atoms with Crippen LogP contribution in [0.2, 0.25) is 30.1 Å². The van der Waals surface area contributed by atoms with E-state index in [-0.39, 0.29) is 66.8 Å². The first-order valence-electron chi connectivity index (χ1n) is 23.1. The van der Waals surface area contributed by atoms with Gasteiger partial charge in [0, 0.05) is 74.9 Å². The van der Waals surface area contributed by atoms with E-state index in [2.05, 4.69) is 68.6 Å². The van der Waals surface area contributed by atoms with E-state index in [1.165, 1.54) is 6.26 Å². The third kappa shape index (κ3) is 28.4. The molecule has 0 amide bonds. The van der Waals surface area contributed by atoms with Crippen LogP contribution in [0.25, 0.3) is 33.8 Å². The van der Waals surface area contributed by atoms with Crippen molar-refractivity contribution in [2.45, 2.75) is 38.5 Å². The second-order valence-corrected chi connectivity index (χ2v) is 22.7. The Bertz CT molecular complexity index is 3010. The zero-order chi connectivity index (χ0) is 58.3.